The summed E-state index contributed by atoms with van der Waals surface area (Å²) in [4.78, 5) is 54.5. The van der Waals surface area contributed by atoms with E-state index in [0.29, 0.717) is 28.1 Å². The lowest BCUT2D eigenvalue weighted by atomic mass is 9.57. The van der Waals surface area contributed by atoms with Crippen LogP contribution in [0.2, 0.25) is 0 Å². The first-order valence-corrected chi connectivity index (χ1v) is 13.7. The molecule has 1 fully saturated rings. The number of carbonyl (C=O) groups excluding carboxylic acids is 4. The number of nitrogens with one attached hydrogen (secondary N) is 1. The fourth-order valence-electron chi connectivity index (χ4n) is 6.88. The number of aliphatic hydroxyl groups excluding tert-OH is 2. The van der Waals surface area contributed by atoms with Gasteiger partial charge in [-0.25, -0.2) is 0 Å². The van der Waals surface area contributed by atoms with E-state index in [1.54, 1.807) is 63.4 Å². The number of ketones is 2. The summed E-state index contributed by atoms with van der Waals surface area (Å²) in [5, 5.41) is 48.9. The van der Waals surface area contributed by atoms with Crippen molar-refractivity contribution in [3.8, 4) is 16.9 Å². The maximum absolute atomic E-state index is 14.1. The summed E-state index contributed by atoms with van der Waals surface area (Å²) in [7, 11) is 6.69. The number of aromatic hydroxyl groups is 1. The first kappa shape index (κ1) is 29.8. The number of rotatable bonds is 5. The Morgan fingerprint density at radius 2 is 1.74 bits per heavy atom. The molecule has 12 heteroatoms. The third kappa shape index (κ3) is 4.36. The van der Waals surface area contributed by atoms with Crippen LogP contribution >= 0.6 is 0 Å². The smallest absolute Gasteiger partial charge is 0.255 e. The molecule has 7 N–H and O–H groups in total. The van der Waals surface area contributed by atoms with Gasteiger partial charge in [-0.15, -0.1) is 0 Å². The maximum atomic E-state index is 14.1. The molecule has 12 nitrogen and oxygen atoms in total. The molecule has 1 saturated carbocycles. The zero-order valence-electron chi connectivity index (χ0n) is 24.4. The van der Waals surface area contributed by atoms with Gasteiger partial charge in [0.2, 0.25) is 11.7 Å². The van der Waals surface area contributed by atoms with Gasteiger partial charge in [0.1, 0.15) is 22.8 Å². The zero-order valence-corrected chi connectivity index (χ0v) is 24.4. The van der Waals surface area contributed by atoms with Crippen molar-refractivity contribution in [3.05, 3.63) is 58.4 Å². The highest BCUT2D eigenvalue weighted by Gasteiger charge is 2.64. The fraction of sp³-hybridized carbons (Fsp3) is 0.355. The van der Waals surface area contributed by atoms with Crippen LogP contribution in [0.1, 0.15) is 24.5 Å². The number of benzene rings is 2. The van der Waals surface area contributed by atoms with Gasteiger partial charge >= 0.3 is 0 Å². The standard InChI is InChI=1S/C31H34N4O8/c1-13(36)33-16-8-6-7-14(9-16)17-12-20(34(2)3)18-10-15-11-19-24(35(4)5)27(39)23(30(32)42)29(41)31(19,43)28(40)21(15)26(38)22(18)25(17)37/h6-9,12,15,19,24,37-38,41,43H,10-11H2,1-5H3,(H2,32,42)(H,33,36)/t15-,19-,24-,31-/m0/s1. The van der Waals surface area contributed by atoms with E-state index < -0.39 is 58.0 Å². The quantitative estimate of drug-likeness (QED) is 0.279. The lowest BCUT2D eigenvalue weighted by Crippen LogP contribution is -2.65. The van der Waals surface area contributed by atoms with Crippen LogP contribution in [0.5, 0.6) is 5.75 Å². The van der Waals surface area contributed by atoms with Crippen LogP contribution in [0.25, 0.3) is 16.9 Å². The number of phenols is 1. The number of aliphatic hydroxyl groups is 3. The number of amides is 2. The number of hydrogen-bond donors (Lipinski definition) is 6. The molecule has 2 aromatic carbocycles. The minimum Gasteiger partial charge on any atom is -0.508 e. The van der Waals surface area contributed by atoms with Crippen molar-refractivity contribution in [3.63, 3.8) is 0 Å². The third-order valence-corrected chi connectivity index (χ3v) is 8.67. The average molecular weight is 591 g/mol. The number of hydrogen-bond acceptors (Lipinski definition) is 10. The zero-order chi connectivity index (χ0) is 31.7. The topological polar surface area (TPSA) is 194 Å². The van der Waals surface area contributed by atoms with E-state index in [4.69, 9.17) is 5.73 Å². The molecule has 0 unspecified atom stereocenters. The Hall–Kier alpha value is -4.68. The molecule has 0 radical (unpaired) electrons. The minimum atomic E-state index is -2.71. The molecule has 226 valence electrons. The Labute approximate surface area is 247 Å². The second-order valence-corrected chi connectivity index (χ2v) is 11.8. The van der Waals surface area contributed by atoms with Gasteiger partial charge in [0.15, 0.2) is 11.4 Å². The Morgan fingerprint density at radius 1 is 1.07 bits per heavy atom. The van der Waals surface area contributed by atoms with Gasteiger partial charge in [-0.2, -0.15) is 0 Å². The highest BCUT2D eigenvalue weighted by atomic mass is 16.3. The molecule has 3 aliphatic rings. The molecule has 43 heavy (non-hydrogen) atoms. The second kappa shape index (κ2) is 10.2. The number of primary amides is 1. The largest absolute Gasteiger partial charge is 0.508 e. The number of nitrogens with two attached hydrogens (primary N) is 1. The number of nitrogens with zero attached hydrogens (tertiary/aromatic N) is 2. The van der Waals surface area contributed by atoms with Crippen LogP contribution in [-0.4, -0.2) is 88.5 Å². The molecule has 2 aromatic rings. The lowest BCUT2D eigenvalue weighted by Gasteiger charge is -2.50. The Balaban J connectivity index is 1.75. The molecule has 0 saturated heterocycles. The van der Waals surface area contributed by atoms with Crippen LogP contribution in [0.15, 0.2) is 47.2 Å². The molecule has 0 spiro atoms. The van der Waals surface area contributed by atoms with Crippen molar-refractivity contribution in [2.24, 2.45) is 17.6 Å². The normalized spacial score (nSPS) is 24.9. The fourth-order valence-corrected chi connectivity index (χ4v) is 6.88. The summed E-state index contributed by atoms with van der Waals surface area (Å²) < 4.78 is 0. The molecular formula is C31H34N4O8. The van der Waals surface area contributed by atoms with E-state index in [2.05, 4.69) is 5.32 Å². The highest BCUT2D eigenvalue weighted by Crippen LogP contribution is 2.55. The summed E-state index contributed by atoms with van der Waals surface area (Å²) in [6.45, 7) is 1.37. The highest BCUT2D eigenvalue weighted by molar-refractivity contribution is 6.24. The Bertz CT molecular complexity index is 1670. The predicted molar refractivity (Wildman–Crippen MR) is 158 cm³/mol. The van der Waals surface area contributed by atoms with E-state index in [1.807, 2.05) is 0 Å². The minimum absolute atomic E-state index is 0.0000944. The summed E-state index contributed by atoms with van der Waals surface area (Å²) in [5.74, 6) is -7.31. The van der Waals surface area contributed by atoms with E-state index in [1.165, 1.54) is 11.8 Å². The Morgan fingerprint density at radius 3 is 2.33 bits per heavy atom. The average Bonchev–Trinajstić information content (AvgIpc) is 2.90. The van der Waals surface area contributed by atoms with E-state index in [-0.39, 0.29) is 35.6 Å². The molecule has 3 aliphatic carbocycles. The maximum Gasteiger partial charge on any atom is 0.255 e. The van der Waals surface area contributed by atoms with Gasteiger partial charge in [0.25, 0.3) is 5.91 Å². The lowest BCUT2D eigenvalue weighted by molar-refractivity contribution is -0.153. The number of likely N-dealkylation sites (N-methyl/N-ethyl adjacent to an activating group) is 1. The molecule has 0 bridgehead atoms. The van der Waals surface area contributed by atoms with E-state index in [0.717, 1.165) is 0 Å². The van der Waals surface area contributed by atoms with Crippen LogP contribution in [0.4, 0.5) is 11.4 Å². The van der Waals surface area contributed by atoms with Gasteiger partial charge in [-0.1, -0.05) is 12.1 Å². The molecule has 2 amide bonds. The Kier molecular flexibility index (Phi) is 7.10. The SMILES string of the molecule is CC(=O)Nc1cccc(-c2cc(N(C)C)c3c(c2O)C(O)=C2C(=O)[C@]4(O)C(O)=C(C(N)=O)C(=O)[C@@H](N(C)C)[C@@H]4C[C@@H]2C3)c1. The van der Waals surface area contributed by atoms with Gasteiger partial charge in [0.05, 0.1) is 11.6 Å². The molecule has 4 atom stereocenters. The molecule has 0 aromatic heterocycles. The van der Waals surface area contributed by atoms with Crippen LogP contribution in [0, 0.1) is 11.8 Å². The summed E-state index contributed by atoms with van der Waals surface area (Å²) in [6, 6.07) is 7.35. The van der Waals surface area contributed by atoms with E-state index >= 15 is 0 Å². The van der Waals surface area contributed by atoms with Gasteiger partial charge in [0, 0.05) is 49.4 Å². The monoisotopic (exact) mass is 590 g/mol. The van der Waals surface area contributed by atoms with Crippen molar-refractivity contribution < 1.29 is 39.6 Å². The number of fused-ring (bicyclic) bond motifs is 3. The van der Waals surface area contributed by atoms with Crippen LogP contribution in [-0.2, 0) is 25.6 Å². The van der Waals surface area contributed by atoms with Crippen molar-refractivity contribution >= 4 is 40.5 Å². The summed E-state index contributed by atoms with van der Waals surface area (Å²) in [6.07, 6.45) is 0.168. The summed E-state index contributed by atoms with van der Waals surface area (Å²) >= 11 is 0. The second-order valence-electron chi connectivity index (χ2n) is 11.8. The first-order valence-electron chi connectivity index (χ1n) is 13.7. The third-order valence-electron chi connectivity index (χ3n) is 8.67. The summed E-state index contributed by atoms with van der Waals surface area (Å²) in [5.41, 5.74) is 4.10. The molecule has 0 aliphatic heterocycles. The predicted octanol–water partition coefficient (Wildman–Crippen LogP) is 1.66. The molecular weight excluding hydrogens is 556 g/mol. The number of Topliss-reactive ketones (excluding diaryl/α,β-unsaturated/α-hetero) is 2. The van der Waals surface area contributed by atoms with Crippen molar-refractivity contribution in [1.82, 2.24) is 4.90 Å². The number of carbonyl (C=O) groups is 4. The van der Waals surface area contributed by atoms with Gasteiger partial charge in [-0.05, 0) is 62.2 Å². The van der Waals surface area contributed by atoms with Crippen LogP contribution < -0.4 is 16.0 Å². The van der Waals surface area contributed by atoms with Gasteiger partial charge in [-0.3, -0.25) is 24.1 Å². The van der Waals surface area contributed by atoms with Crippen molar-refractivity contribution in [2.45, 2.75) is 31.4 Å². The first-order chi connectivity index (χ1) is 20.1. The van der Waals surface area contributed by atoms with Crippen molar-refractivity contribution in [2.75, 3.05) is 38.4 Å². The number of phenolic OH excluding ortho intramolecular Hbond substituents is 1. The van der Waals surface area contributed by atoms with Crippen LogP contribution in [0.3, 0.4) is 0 Å². The van der Waals surface area contributed by atoms with E-state index in [9.17, 15) is 39.6 Å². The molecule has 5 rings (SSSR count). The molecule has 0 heterocycles. The number of anilines is 2. The van der Waals surface area contributed by atoms with Gasteiger partial charge < -0.3 is 36.4 Å². The van der Waals surface area contributed by atoms with Crippen molar-refractivity contribution in [1.29, 1.82) is 0 Å².